The van der Waals surface area contributed by atoms with Gasteiger partial charge in [0.25, 0.3) is 5.91 Å². The van der Waals surface area contributed by atoms with E-state index in [9.17, 15) is 14.4 Å². The average molecular weight is 429 g/mol. The molecule has 7 heteroatoms. The summed E-state index contributed by atoms with van der Waals surface area (Å²) in [6.45, 7) is 14.8. The van der Waals surface area contributed by atoms with Crippen LogP contribution < -0.4 is 5.32 Å². The Morgan fingerprint density at radius 3 is 2.42 bits per heavy atom. The fraction of sp³-hybridized carbons (Fsp3) is 0.458. The standard InChI is InChI=1S/C24H32N2O5/c1-8-12-30-20(27)11-10-17-15(4)18(25-21(17)23(29)31-24(5,6)7)13-19-14(3)16(9-2)22(28)26-19/h8,13,25H,1,9-12H2,2-7H3,(H,26,28)/b19-13+. The summed E-state index contributed by atoms with van der Waals surface area (Å²) >= 11 is 0. The minimum Gasteiger partial charge on any atom is -0.461 e. The van der Waals surface area contributed by atoms with Crippen molar-refractivity contribution in [3.8, 4) is 0 Å². The Balaban J connectivity index is 2.42. The Hall–Kier alpha value is -3.09. The number of carbonyl (C=O) groups is 3. The zero-order valence-corrected chi connectivity index (χ0v) is 19.2. The van der Waals surface area contributed by atoms with E-state index in [-0.39, 0.29) is 24.9 Å². The molecule has 0 saturated carbocycles. The number of aromatic amines is 1. The van der Waals surface area contributed by atoms with Crippen LogP contribution in [0, 0.1) is 6.92 Å². The van der Waals surface area contributed by atoms with Crippen LogP contribution in [0.25, 0.3) is 6.08 Å². The van der Waals surface area contributed by atoms with Gasteiger partial charge in [0.1, 0.15) is 17.9 Å². The van der Waals surface area contributed by atoms with E-state index >= 15 is 0 Å². The number of ether oxygens (including phenoxy) is 2. The number of nitrogens with one attached hydrogen (secondary N) is 2. The second-order valence-electron chi connectivity index (χ2n) is 8.46. The molecule has 0 aromatic carbocycles. The van der Waals surface area contributed by atoms with Crippen LogP contribution >= 0.6 is 0 Å². The largest absolute Gasteiger partial charge is 0.461 e. The number of allylic oxidation sites excluding steroid dienone is 1. The Kier molecular flexibility index (Phi) is 7.65. The van der Waals surface area contributed by atoms with Crippen molar-refractivity contribution in [3.05, 3.63) is 52.0 Å². The second kappa shape index (κ2) is 9.81. The minimum absolute atomic E-state index is 0.104. The maximum Gasteiger partial charge on any atom is 0.355 e. The topological polar surface area (TPSA) is 97.5 Å². The lowest BCUT2D eigenvalue weighted by Crippen LogP contribution is -2.24. The zero-order chi connectivity index (χ0) is 23.3. The summed E-state index contributed by atoms with van der Waals surface area (Å²) in [4.78, 5) is 40.1. The second-order valence-corrected chi connectivity index (χ2v) is 8.46. The van der Waals surface area contributed by atoms with Gasteiger partial charge in [0.2, 0.25) is 0 Å². The highest BCUT2D eigenvalue weighted by Crippen LogP contribution is 2.28. The number of aromatic nitrogens is 1. The third-order valence-electron chi connectivity index (χ3n) is 4.98. The maximum absolute atomic E-state index is 12.8. The van der Waals surface area contributed by atoms with Crippen molar-refractivity contribution in [2.45, 2.75) is 66.4 Å². The minimum atomic E-state index is -0.663. The number of H-pyrrole nitrogens is 1. The lowest BCUT2D eigenvalue weighted by Gasteiger charge is -2.19. The van der Waals surface area contributed by atoms with Gasteiger partial charge in [0.15, 0.2) is 0 Å². The molecule has 0 bridgehead atoms. The predicted molar refractivity (Wildman–Crippen MR) is 119 cm³/mol. The van der Waals surface area contributed by atoms with E-state index in [0.29, 0.717) is 35.5 Å². The number of hydrogen-bond donors (Lipinski definition) is 2. The smallest absolute Gasteiger partial charge is 0.355 e. The van der Waals surface area contributed by atoms with Crippen LogP contribution in [0.5, 0.6) is 0 Å². The molecular formula is C24H32N2O5. The summed E-state index contributed by atoms with van der Waals surface area (Å²) in [7, 11) is 0. The van der Waals surface area contributed by atoms with Crippen molar-refractivity contribution in [1.82, 2.24) is 10.3 Å². The highest BCUT2D eigenvalue weighted by atomic mass is 16.6. The normalized spacial score (nSPS) is 15.3. The number of esters is 2. The van der Waals surface area contributed by atoms with Gasteiger partial charge >= 0.3 is 11.9 Å². The summed E-state index contributed by atoms with van der Waals surface area (Å²) in [6.07, 6.45) is 4.40. The molecule has 168 valence electrons. The lowest BCUT2D eigenvalue weighted by molar-refractivity contribution is -0.142. The van der Waals surface area contributed by atoms with Gasteiger partial charge in [0, 0.05) is 23.4 Å². The van der Waals surface area contributed by atoms with Gasteiger partial charge in [-0.3, -0.25) is 9.59 Å². The van der Waals surface area contributed by atoms with Crippen molar-refractivity contribution in [1.29, 1.82) is 0 Å². The molecule has 0 fully saturated rings. The van der Waals surface area contributed by atoms with Gasteiger partial charge in [-0.2, -0.15) is 0 Å². The molecule has 1 aromatic rings. The molecule has 0 radical (unpaired) electrons. The number of amides is 1. The van der Waals surface area contributed by atoms with Crippen LogP contribution in [0.2, 0.25) is 0 Å². The van der Waals surface area contributed by atoms with Crippen molar-refractivity contribution in [3.63, 3.8) is 0 Å². The van der Waals surface area contributed by atoms with Gasteiger partial charge in [0.05, 0.1) is 0 Å². The van der Waals surface area contributed by atoms with E-state index in [1.54, 1.807) is 20.8 Å². The Bertz CT molecular complexity index is 957. The maximum atomic E-state index is 12.8. The Labute approximate surface area is 183 Å². The van der Waals surface area contributed by atoms with Crippen LogP contribution in [0.4, 0.5) is 0 Å². The van der Waals surface area contributed by atoms with Gasteiger partial charge < -0.3 is 19.8 Å². The van der Waals surface area contributed by atoms with Crippen LogP contribution in [0.1, 0.15) is 74.8 Å². The molecule has 0 aliphatic carbocycles. The average Bonchev–Trinajstić information content (AvgIpc) is 3.13. The van der Waals surface area contributed by atoms with E-state index < -0.39 is 11.6 Å². The SMILES string of the molecule is C=CCOC(=O)CCc1c(C(=O)OC(C)(C)C)[nH]c(/C=C2/NC(=O)C(CC)=C2C)c1C. The molecule has 2 heterocycles. The third-order valence-corrected chi connectivity index (χ3v) is 4.98. The Morgan fingerprint density at radius 1 is 1.19 bits per heavy atom. The van der Waals surface area contributed by atoms with Crippen molar-refractivity contribution in [2.75, 3.05) is 6.61 Å². The molecule has 1 aliphatic rings. The highest BCUT2D eigenvalue weighted by molar-refractivity contribution is 6.01. The molecule has 1 amide bonds. The fourth-order valence-corrected chi connectivity index (χ4v) is 3.40. The summed E-state index contributed by atoms with van der Waals surface area (Å²) in [6, 6.07) is 0. The van der Waals surface area contributed by atoms with Gasteiger partial charge in [-0.15, -0.1) is 0 Å². The first-order valence-electron chi connectivity index (χ1n) is 10.4. The monoisotopic (exact) mass is 428 g/mol. The van der Waals surface area contributed by atoms with E-state index in [1.807, 2.05) is 26.8 Å². The van der Waals surface area contributed by atoms with Crippen molar-refractivity contribution in [2.24, 2.45) is 0 Å². The first-order chi connectivity index (χ1) is 14.5. The molecule has 0 spiro atoms. The van der Waals surface area contributed by atoms with E-state index in [0.717, 1.165) is 16.7 Å². The van der Waals surface area contributed by atoms with Crippen LogP contribution in [0.3, 0.4) is 0 Å². The van der Waals surface area contributed by atoms with E-state index in [1.165, 1.54) is 6.08 Å². The molecule has 0 saturated heterocycles. The lowest BCUT2D eigenvalue weighted by atomic mass is 10.0. The van der Waals surface area contributed by atoms with Gasteiger partial charge in [-0.1, -0.05) is 19.6 Å². The summed E-state index contributed by atoms with van der Waals surface area (Å²) in [5, 5.41) is 2.88. The highest BCUT2D eigenvalue weighted by Gasteiger charge is 2.27. The van der Waals surface area contributed by atoms with Crippen molar-refractivity contribution < 1.29 is 23.9 Å². The summed E-state index contributed by atoms with van der Waals surface area (Å²) in [5.74, 6) is -0.968. The zero-order valence-electron chi connectivity index (χ0n) is 19.2. The molecule has 0 unspecified atom stereocenters. The molecule has 7 nitrogen and oxygen atoms in total. The predicted octanol–water partition coefficient (Wildman–Crippen LogP) is 4.14. The van der Waals surface area contributed by atoms with E-state index in [2.05, 4.69) is 16.9 Å². The third kappa shape index (κ3) is 5.96. The van der Waals surface area contributed by atoms with Crippen LogP contribution in [0.15, 0.2) is 29.5 Å². The number of carbonyl (C=O) groups excluding carboxylic acids is 3. The number of hydrogen-bond acceptors (Lipinski definition) is 5. The molecule has 31 heavy (non-hydrogen) atoms. The van der Waals surface area contributed by atoms with Crippen LogP contribution in [-0.2, 0) is 25.5 Å². The van der Waals surface area contributed by atoms with Crippen LogP contribution in [-0.4, -0.2) is 35.0 Å². The molecule has 1 aromatic heterocycles. The summed E-state index contributed by atoms with van der Waals surface area (Å²) < 4.78 is 10.6. The van der Waals surface area contributed by atoms with Gasteiger partial charge in [-0.05, 0) is 70.2 Å². The molecule has 2 rings (SSSR count). The first kappa shape index (κ1) is 24.2. The fourth-order valence-electron chi connectivity index (χ4n) is 3.40. The van der Waals surface area contributed by atoms with Crippen molar-refractivity contribution >= 4 is 23.9 Å². The molecule has 0 atom stereocenters. The van der Waals surface area contributed by atoms with Gasteiger partial charge in [-0.25, -0.2) is 4.79 Å². The number of rotatable bonds is 8. The molecule has 2 N–H and O–H groups in total. The first-order valence-corrected chi connectivity index (χ1v) is 10.4. The molecular weight excluding hydrogens is 396 g/mol. The quantitative estimate of drug-likeness (QED) is 0.479. The van der Waals surface area contributed by atoms with E-state index in [4.69, 9.17) is 9.47 Å². The molecule has 1 aliphatic heterocycles. The Morgan fingerprint density at radius 2 is 1.87 bits per heavy atom. The summed E-state index contributed by atoms with van der Waals surface area (Å²) in [5.41, 5.74) is 4.15.